The number of carboxylic acids is 1. The average Bonchev–Trinajstić information content (AvgIpc) is 2.88. The van der Waals surface area contributed by atoms with Gasteiger partial charge in [0.15, 0.2) is 5.69 Å². The van der Waals surface area contributed by atoms with Gasteiger partial charge in [-0.1, -0.05) is 17.7 Å². The minimum atomic E-state index is -1.07. The van der Waals surface area contributed by atoms with Crippen LogP contribution < -0.4 is 5.32 Å². The Bertz CT molecular complexity index is 651. The molecule has 1 aromatic carbocycles. The maximum atomic E-state index is 12.1. The molecule has 1 unspecified atom stereocenters. The summed E-state index contributed by atoms with van der Waals surface area (Å²) in [5, 5.41) is 13.7. The summed E-state index contributed by atoms with van der Waals surface area (Å²) in [6, 6.07) is 6.94. The van der Waals surface area contributed by atoms with E-state index in [4.69, 9.17) is 5.11 Å². The number of benzene rings is 1. The van der Waals surface area contributed by atoms with Gasteiger partial charge in [0.2, 0.25) is 0 Å². The molecule has 0 bridgehead atoms. The molecular formula is C14H14N2O3S. The number of aromatic carboxylic acids is 1. The van der Waals surface area contributed by atoms with Gasteiger partial charge in [-0.25, -0.2) is 9.78 Å². The lowest BCUT2D eigenvalue weighted by molar-refractivity contribution is 0.0691. The summed E-state index contributed by atoms with van der Waals surface area (Å²) in [5.41, 5.74) is 1.58. The monoisotopic (exact) mass is 290 g/mol. The molecule has 2 N–H and O–H groups in total. The fourth-order valence-electron chi connectivity index (χ4n) is 1.71. The van der Waals surface area contributed by atoms with Crippen molar-refractivity contribution < 1.29 is 14.7 Å². The van der Waals surface area contributed by atoms with Crippen molar-refractivity contribution >= 4 is 23.2 Å². The second-order valence-electron chi connectivity index (χ2n) is 4.44. The predicted octanol–water partition coefficient (Wildman–Crippen LogP) is 2.64. The van der Waals surface area contributed by atoms with Crippen LogP contribution in [0.3, 0.4) is 0 Å². The van der Waals surface area contributed by atoms with Crippen molar-refractivity contribution in [3.8, 4) is 0 Å². The van der Waals surface area contributed by atoms with E-state index in [1.54, 1.807) is 19.1 Å². The third-order valence-corrected chi connectivity index (χ3v) is 3.77. The van der Waals surface area contributed by atoms with Crippen LogP contribution in [0.15, 0.2) is 29.6 Å². The summed E-state index contributed by atoms with van der Waals surface area (Å²) in [4.78, 5) is 26.8. The molecule has 0 aliphatic carbocycles. The molecule has 104 valence electrons. The third kappa shape index (κ3) is 3.21. The molecule has 0 aliphatic heterocycles. The van der Waals surface area contributed by atoms with Crippen LogP contribution in [0, 0.1) is 6.92 Å². The second kappa shape index (κ2) is 5.83. The minimum Gasteiger partial charge on any atom is -0.476 e. The minimum absolute atomic E-state index is 0.00153. The van der Waals surface area contributed by atoms with Crippen LogP contribution in [0.1, 0.15) is 44.4 Å². The number of carbonyl (C=O) groups excluding carboxylic acids is 1. The van der Waals surface area contributed by atoms with Crippen LogP contribution in [0.5, 0.6) is 0 Å². The number of hydrogen-bond donors (Lipinski definition) is 2. The van der Waals surface area contributed by atoms with Gasteiger partial charge in [0.25, 0.3) is 5.91 Å². The van der Waals surface area contributed by atoms with E-state index >= 15 is 0 Å². The van der Waals surface area contributed by atoms with Gasteiger partial charge >= 0.3 is 5.97 Å². The molecule has 0 aliphatic rings. The predicted molar refractivity (Wildman–Crippen MR) is 76.1 cm³/mol. The topological polar surface area (TPSA) is 79.3 Å². The molecule has 20 heavy (non-hydrogen) atoms. The third-order valence-electron chi connectivity index (χ3n) is 2.74. The first-order chi connectivity index (χ1) is 9.47. The fraction of sp³-hybridized carbons (Fsp3) is 0.214. The normalized spacial score (nSPS) is 11.9. The lowest BCUT2D eigenvalue weighted by atomic mass is 10.1. The largest absolute Gasteiger partial charge is 0.476 e. The zero-order chi connectivity index (χ0) is 14.7. The van der Waals surface area contributed by atoms with Crippen LogP contribution in [-0.2, 0) is 0 Å². The van der Waals surface area contributed by atoms with Crippen molar-refractivity contribution in [2.45, 2.75) is 19.9 Å². The van der Waals surface area contributed by atoms with Gasteiger partial charge in [-0.2, -0.15) is 0 Å². The number of rotatable bonds is 4. The molecular weight excluding hydrogens is 276 g/mol. The molecule has 0 saturated carbocycles. The highest BCUT2D eigenvalue weighted by Crippen LogP contribution is 2.18. The van der Waals surface area contributed by atoms with Crippen LogP contribution in [0.2, 0.25) is 0 Å². The molecule has 1 aromatic heterocycles. The van der Waals surface area contributed by atoms with E-state index in [-0.39, 0.29) is 17.6 Å². The number of aryl methyl sites for hydroxylation is 1. The molecule has 0 saturated heterocycles. The Morgan fingerprint density at radius 3 is 2.75 bits per heavy atom. The molecule has 0 radical (unpaired) electrons. The number of hydrogen-bond acceptors (Lipinski definition) is 4. The highest BCUT2D eigenvalue weighted by Gasteiger charge is 2.16. The summed E-state index contributed by atoms with van der Waals surface area (Å²) in [5.74, 6) is -1.27. The zero-order valence-corrected chi connectivity index (χ0v) is 11.9. The molecule has 2 rings (SSSR count). The van der Waals surface area contributed by atoms with Gasteiger partial charge in [0.05, 0.1) is 6.04 Å². The molecule has 1 heterocycles. The molecule has 1 amide bonds. The van der Waals surface area contributed by atoms with Gasteiger partial charge in [-0.15, -0.1) is 11.3 Å². The Labute approximate surface area is 120 Å². The Hall–Kier alpha value is -2.21. The number of carboxylic acid groups (broad SMARTS) is 1. The Balaban J connectivity index is 2.08. The van der Waals surface area contributed by atoms with Crippen LogP contribution >= 0.6 is 11.3 Å². The number of thiazole rings is 1. The van der Waals surface area contributed by atoms with Gasteiger partial charge in [0, 0.05) is 10.9 Å². The van der Waals surface area contributed by atoms with Gasteiger partial charge < -0.3 is 10.4 Å². The highest BCUT2D eigenvalue weighted by molar-refractivity contribution is 7.09. The number of amides is 1. The van der Waals surface area contributed by atoms with Crippen molar-refractivity contribution in [3.63, 3.8) is 0 Å². The summed E-state index contributed by atoms with van der Waals surface area (Å²) >= 11 is 1.22. The summed E-state index contributed by atoms with van der Waals surface area (Å²) in [6.07, 6.45) is 0. The van der Waals surface area contributed by atoms with E-state index in [1.165, 1.54) is 16.7 Å². The van der Waals surface area contributed by atoms with E-state index < -0.39 is 5.97 Å². The van der Waals surface area contributed by atoms with Gasteiger partial charge in [0.1, 0.15) is 5.01 Å². The van der Waals surface area contributed by atoms with Crippen molar-refractivity contribution in [1.29, 1.82) is 0 Å². The van der Waals surface area contributed by atoms with E-state index in [1.807, 2.05) is 19.1 Å². The molecule has 1 atom stereocenters. The summed E-state index contributed by atoms with van der Waals surface area (Å²) < 4.78 is 0. The van der Waals surface area contributed by atoms with E-state index in [0.717, 1.165) is 5.56 Å². The molecule has 5 nitrogen and oxygen atoms in total. The second-order valence-corrected chi connectivity index (χ2v) is 5.33. The maximum Gasteiger partial charge on any atom is 0.355 e. The Morgan fingerprint density at radius 1 is 1.40 bits per heavy atom. The maximum absolute atomic E-state index is 12.1. The van der Waals surface area contributed by atoms with Crippen molar-refractivity contribution in [3.05, 3.63) is 51.5 Å². The SMILES string of the molecule is Cc1cccc(C(=O)NC(C)c2nc(C(=O)O)cs2)c1. The number of nitrogens with one attached hydrogen (secondary N) is 1. The van der Waals surface area contributed by atoms with E-state index in [9.17, 15) is 9.59 Å². The Kier molecular flexibility index (Phi) is 4.14. The number of nitrogens with zero attached hydrogens (tertiary/aromatic N) is 1. The lowest BCUT2D eigenvalue weighted by Crippen LogP contribution is -2.26. The first-order valence-electron chi connectivity index (χ1n) is 6.03. The summed E-state index contributed by atoms with van der Waals surface area (Å²) in [7, 11) is 0. The standard InChI is InChI=1S/C14H14N2O3S/c1-8-4-3-5-10(6-8)12(17)15-9(2)13-16-11(7-20-13)14(18)19/h3-7,9H,1-2H3,(H,15,17)(H,18,19). The van der Waals surface area contributed by atoms with Crippen LogP contribution in [0.4, 0.5) is 0 Å². The number of carbonyl (C=O) groups is 2. The molecule has 2 aromatic rings. The van der Waals surface area contributed by atoms with Crippen molar-refractivity contribution in [2.24, 2.45) is 0 Å². The first kappa shape index (κ1) is 14.2. The van der Waals surface area contributed by atoms with Gasteiger partial charge in [-0.3, -0.25) is 4.79 Å². The summed E-state index contributed by atoms with van der Waals surface area (Å²) in [6.45, 7) is 3.69. The van der Waals surface area contributed by atoms with Gasteiger partial charge in [-0.05, 0) is 26.0 Å². The van der Waals surface area contributed by atoms with Crippen LogP contribution in [-0.4, -0.2) is 22.0 Å². The lowest BCUT2D eigenvalue weighted by Gasteiger charge is -2.11. The highest BCUT2D eigenvalue weighted by atomic mass is 32.1. The molecule has 0 fully saturated rings. The first-order valence-corrected chi connectivity index (χ1v) is 6.91. The molecule has 6 heteroatoms. The van der Waals surface area contributed by atoms with Crippen LogP contribution in [0.25, 0.3) is 0 Å². The quantitative estimate of drug-likeness (QED) is 0.907. The smallest absolute Gasteiger partial charge is 0.355 e. The van der Waals surface area contributed by atoms with Crippen molar-refractivity contribution in [2.75, 3.05) is 0 Å². The average molecular weight is 290 g/mol. The van der Waals surface area contributed by atoms with E-state index in [0.29, 0.717) is 10.6 Å². The van der Waals surface area contributed by atoms with Crippen molar-refractivity contribution in [1.82, 2.24) is 10.3 Å². The van der Waals surface area contributed by atoms with E-state index in [2.05, 4.69) is 10.3 Å². The fourth-order valence-corrected chi connectivity index (χ4v) is 2.51. The molecule has 0 spiro atoms. The Morgan fingerprint density at radius 2 is 2.15 bits per heavy atom. The number of aromatic nitrogens is 1. The zero-order valence-electron chi connectivity index (χ0n) is 11.1.